The maximum atomic E-state index is 12.5. The minimum absolute atomic E-state index is 0.305. The Morgan fingerprint density at radius 2 is 2.04 bits per heavy atom. The molecule has 1 N–H and O–H groups in total. The summed E-state index contributed by atoms with van der Waals surface area (Å²) < 4.78 is 30.9. The van der Waals surface area contributed by atoms with Gasteiger partial charge in [-0.25, -0.2) is 8.42 Å². The minimum atomic E-state index is -3.58. The van der Waals surface area contributed by atoms with Crippen LogP contribution in [0.1, 0.15) is 12.5 Å². The molecule has 7 nitrogen and oxygen atoms in total. The van der Waals surface area contributed by atoms with Gasteiger partial charge in [-0.3, -0.25) is 14.0 Å². The fraction of sp³-hybridized carbons (Fsp3) is 0.588. The van der Waals surface area contributed by atoms with E-state index in [1.54, 1.807) is 25.1 Å². The molecule has 140 valence electrons. The molecule has 1 aromatic carbocycles. The fourth-order valence-electron chi connectivity index (χ4n) is 2.88. The topological polar surface area (TPSA) is 79.0 Å². The lowest BCUT2D eigenvalue weighted by molar-refractivity contribution is -0.121. The van der Waals surface area contributed by atoms with Crippen molar-refractivity contribution in [1.29, 1.82) is 0 Å². The van der Waals surface area contributed by atoms with Crippen LogP contribution in [0.25, 0.3) is 0 Å². The lowest BCUT2D eigenvalue weighted by atomic mass is 10.2. The molecule has 0 aromatic heterocycles. The van der Waals surface area contributed by atoms with E-state index in [4.69, 9.17) is 4.74 Å². The van der Waals surface area contributed by atoms with Gasteiger partial charge in [0.25, 0.3) is 0 Å². The maximum absolute atomic E-state index is 12.5. The van der Waals surface area contributed by atoms with Gasteiger partial charge in [0.2, 0.25) is 15.9 Å². The second kappa shape index (κ2) is 8.64. The molecule has 1 aliphatic rings. The number of rotatable bonds is 7. The van der Waals surface area contributed by atoms with Gasteiger partial charge in [0.1, 0.15) is 6.04 Å². The number of amides is 1. The van der Waals surface area contributed by atoms with E-state index in [0.29, 0.717) is 25.4 Å². The van der Waals surface area contributed by atoms with Crippen LogP contribution in [0.5, 0.6) is 0 Å². The molecule has 1 fully saturated rings. The zero-order chi connectivity index (χ0) is 18.4. The van der Waals surface area contributed by atoms with Gasteiger partial charge in [-0.1, -0.05) is 12.1 Å². The summed E-state index contributed by atoms with van der Waals surface area (Å²) in [5.41, 5.74) is 1.43. The van der Waals surface area contributed by atoms with Gasteiger partial charge in [-0.15, -0.1) is 0 Å². The first-order valence-electron chi connectivity index (χ1n) is 8.43. The molecular weight excluding hydrogens is 342 g/mol. The number of carbonyl (C=O) groups excluding carboxylic acids is 1. The molecule has 1 amide bonds. The molecule has 1 saturated heterocycles. The third-order valence-electron chi connectivity index (χ3n) is 4.18. The number of hydrogen-bond donors (Lipinski definition) is 1. The number of benzene rings is 1. The van der Waals surface area contributed by atoms with Gasteiger partial charge in [0, 0.05) is 26.2 Å². The number of nitrogens with zero attached hydrogens (tertiary/aromatic N) is 2. The second-order valence-corrected chi connectivity index (χ2v) is 8.18. The highest BCUT2D eigenvalue weighted by Gasteiger charge is 2.29. The van der Waals surface area contributed by atoms with Crippen molar-refractivity contribution in [2.75, 3.05) is 50.0 Å². The van der Waals surface area contributed by atoms with Crippen LogP contribution in [0, 0.1) is 6.92 Å². The standard InChI is InChI=1S/C17H27N3O4S/c1-14-5-4-6-16(13-14)20(25(3,22)23)15(2)17(21)18-7-8-19-9-11-24-12-10-19/h4-6,13,15H,7-12H2,1-3H3,(H,18,21)/t15-/m1/s1. The molecule has 0 unspecified atom stereocenters. The lowest BCUT2D eigenvalue weighted by Gasteiger charge is -2.29. The van der Waals surface area contributed by atoms with E-state index in [0.717, 1.165) is 31.5 Å². The Bertz CT molecular complexity index is 687. The van der Waals surface area contributed by atoms with Gasteiger partial charge >= 0.3 is 0 Å². The summed E-state index contributed by atoms with van der Waals surface area (Å²) in [6.45, 7) is 7.82. The third kappa shape index (κ3) is 5.69. The van der Waals surface area contributed by atoms with Crippen LogP contribution in [0.15, 0.2) is 24.3 Å². The number of sulfonamides is 1. The highest BCUT2D eigenvalue weighted by atomic mass is 32.2. The smallest absolute Gasteiger partial charge is 0.243 e. The molecule has 1 aromatic rings. The Labute approximate surface area is 150 Å². The highest BCUT2D eigenvalue weighted by Crippen LogP contribution is 2.21. The predicted molar refractivity (Wildman–Crippen MR) is 98.2 cm³/mol. The van der Waals surface area contributed by atoms with Crippen molar-refractivity contribution in [1.82, 2.24) is 10.2 Å². The molecule has 0 radical (unpaired) electrons. The van der Waals surface area contributed by atoms with Gasteiger partial charge in [-0.05, 0) is 31.5 Å². The summed E-state index contributed by atoms with van der Waals surface area (Å²) in [7, 11) is -3.58. The Morgan fingerprint density at radius 1 is 1.36 bits per heavy atom. The average molecular weight is 369 g/mol. The van der Waals surface area contributed by atoms with Crippen LogP contribution < -0.4 is 9.62 Å². The van der Waals surface area contributed by atoms with Crippen molar-refractivity contribution < 1.29 is 17.9 Å². The molecule has 1 heterocycles. The number of ether oxygens (including phenoxy) is 1. The maximum Gasteiger partial charge on any atom is 0.243 e. The molecule has 0 saturated carbocycles. The SMILES string of the molecule is Cc1cccc(N([C@H](C)C(=O)NCCN2CCOCC2)S(C)(=O)=O)c1. The van der Waals surface area contributed by atoms with Crippen molar-refractivity contribution in [3.8, 4) is 0 Å². The van der Waals surface area contributed by atoms with Crippen LogP contribution in [0.4, 0.5) is 5.69 Å². The molecule has 8 heteroatoms. The molecule has 1 aliphatic heterocycles. The molecule has 2 rings (SSSR count). The number of aryl methyl sites for hydroxylation is 1. The van der Waals surface area contributed by atoms with Crippen LogP contribution in [-0.4, -0.2) is 70.9 Å². The van der Waals surface area contributed by atoms with Gasteiger partial charge < -0.3 is 10.1 Å². The van der Waals surface area contributed by atoms with Crippen LogP contribution in [0.3, 0.4) is 0 Å². The normalized spacial score (nSPS) is 17.1. The van der Waals surface area contributed by atoms with Gasteiger partial charge in [-0.2, -0.15) is 0 Å². The Balaban J connectivity index is 2.00. The van der Waals surface area contributed by atoms with E-state index in [1.807, 2.05) is 13.0 Å². The number of nitrogens with one attached hydrogen (secondary N) is 1. The monoisotopic (exact) mass is 369 g/mol. The lowest BCUT2D eigenvalue weighted by Crippen LogP contribution is -2.49. The second-order valence-electron chi connectivity index (χ2n) is 6.32. The zero-order valence-electron chi connectivity index (χ0n) is 15.1. The van der Waals surface area contributed by atoms with E-state index in [1.165, 1.54) is 4.31 Å². The summed E-state index contributed by atoms with van der Waals surface area (Å²) in [5, 5.41) is 2.84. The first-order valence-corrected chi connectivity index (χ1v) is 10.3. The first kappa shape index (κ1) is 19.7. The van der Waals surface area contributed by atoms with Crippen molar-refractivity contribution in [2.24, 2.45) is 0 Å². The number of hydrogen-bond acceptors (Lipinski definition) is 5. The molecule has 0 bridgehead atoms. The highest BCUT2D eigenvalue weighted by molar-refractivity contribution is 7.92. The van der Waals surface area contributed by atoms with Gasteiger partial charge in [0.15, 0.2) is 0 Å². The van der Waals surface area contributed by atoms with E-state index < -0.39 is 16.1 Å². The fourth-order valence-corrected chi connectivity index (χ4v) is 4.05. The Morgan fingerprint density at radius 3 is 2.64 bits per heavy atom. The summed E-state index contributed by atoms with van der Waals surface area (Å²) in [5.74, 6) is -0.305. The molecular formula is C17H27N3O4S. The zero-order valence-corrected chi connectivity index (χ0v) is 15.9. The largest absolute Gasteiger partial charge is 0.379 e. The summed E-state index contributed by atoms with van der Waals surface area (Å²) in [6, 6.07) is 6.31. The molecule has 25 heavy (non-hydrogen) atoms. The first-order chi connectivity index (χ1) is 11.8. The van der Waals surface area contributed by atoms with Crippen molar-refractivity contribution in [3.05, 3.63) is 29.8 Å². The van der Waals surface area contributed by atoms with E-state index >= 15 is 0 Å². The number of carbonyl (C=O) groups is 1. The Hall–Kier alpha value is -1.64. The summed E-state index contributed by atoms with van der Waals surface area (Å²) >= 11 is 0. The van der Waals surface area contributed by atoms with Crippen LogP contribution in [0.2, 0.25) is 0 Å². The summed E-state index contributed by atoms with van der Waals surface area (Å²) in [4.78, 5) is 14.7. The molecule has 0 aliphatic carbocycles. The number of morpholine rings is 1. The van der Waals surface area contributed by atoms with Crippen molar-refractivity contribution in [2.45, 2.75) is 19.9 Å². The average Bonchev–Trinajstić information content (AvgIpc) is 2.54. The molecule has 0 spiro atoms. The third-order valence-corrected chi connectivity index (χ3v) is 5.42. The minimum Gasteiger partial charge on any atom is -0.379 e. The van der Waals surface area contributed by atoms with Crippen LogP contribution >= 0.6 is 0 Å². The van der Waals surface area contributed by atoms with Crippen LogP contribution in [-0.2, 0) is 19.6 Å². The van der Waals surface area contributed by atoms with E-state index in [9.17, 15) is 13.2 Å². The number of anilines is 1. The van der Waals surface area contributed by atoms with E-state index in [-0.39, 0.29) is 5.91 Å². The van der Waals surface area contributed by atoms with E-state index in [2.05, 4.69) is 10.2 Å². The predicted octanol–water partition coefficient (Wildman–Crippen LogP) is 0.598. The van der Waals surface area contributed by atoms with Crippen molar-refractivity contribution in [3.63, 3.8) is 0 Å². The quantitative estimate of drug-likeness (QED) is 0.761. The summed E-state index contributed by atoms with van der Waals surface area (Å²) in [6.07, 6.45) is 1.12. The Kier molecular flexibility index (Phi) is 6.80. The molecule has 1 atom stereocenters. The van der Waals surface area contributed by atoms with Crippen molar-refractivity contribution >= 4 is 21.6 Å². The van der Waals surface area contributed by atoms with Gasteiger partial charge in [0.05, 0.1) is 25.2 Å².